The van der Waals surface area contributed by atoms with Crippen molar-refractivity contribution in [1.29, 1.82) is 0 Å². The molecule has 1 atom stereocenters. The summed E-state index contributed by atoms with van der Waals surface area (Å²) < 4.78 is 5.22. The van der Waals surface area contributed by atoms with Gasteiger partial charge < -0.3 is 15.4 Å². The highest BCUT2D eigenvalue weighted by atomic mass is 16.5. The molecule has 0 aromatic heterocycles. The van der Waals surface area contributed by atoms with Gasteiger partial charge in [0.05, 0.1) is 19.8 Å². The molecule has 1 amide bonds. The highest BCUT2D eigenvalue weighted by molar-refractivity contribution is 5.78. The van der Waals surface area contributed by atoms with E-state index in [-0.39, 0.29) is 5.91 Å². The van der Waals surface area contributed by atoms with Crippen molar-refractivity contribution in [3.63, 3.8) is 0 Å². The van der Waals surface area contributed by atoms with Gasteiger partial charge in [0.1, 0.15) is 0 Å². The Kier molecular flexibility index (Phi) is 5.73. The summed E-state index contributed by atoms with van der Waals surface area (Å²) in [4.78, 5) is 15.8. The minimum atomic E-state index is 0.190. The fraction of sp³-hybridized carbons (Fsp3) is 0.909. The van der Waals surface area contributed by atoms with Crippen molar-refractivity contribution in [2.24, 2.45) is 5.73 Å². The van der Waals surface area contributed by atoms with Gasteiger partial charge in [-0.25, -0.2) is 0 Å². The summed E-state index contributed by atoms with van der Waals surface area (Å²) in [6.45, 7) is 6.00. The zero-order valence-electron chi connectivity index (χ0n) is 10.3. The number of hydrogen-bond donors (Lipinski definition) is 1. The van der Waals surface area contributed by atoms with Crippen molar-refractivity contribution in [2.45, 2.75) is 19.4 Å². The smallest absolute Gasteiger partial charge is 0.236 e. The van der Waals surface area contributed by atoms with Gasteiger partial charge in [0, 0.05) is 19.1 Å². The first kappa shape index (κ1) is 13.4. The third-order valence-corrected chi connectivity index (χ3v) is 3.09. The molecular weight excluding hydrogens is 206 g/mol. The van der Waals surface area contributed by atoms with Crippen LogP contribution in [0, 0.1) is 0 Å². The molecule has 5 nitrogen and oxygen atoms in total. The molecule has 1 saturated heterocycles. The minimum absolute atomic E-state index is 0.190. The number of likely N-dealkylation sites (N-methyl/N-ethyl adjacent to an activating group) is 1. The third-order valence-electron chi connectivity index (χ3n) is 3.09. The van der Waals surface area contributed by atoms with Crippen LogP contribution in [0.1, 0.15) is 13.3 Å². The Morgan fingerprint density at radius 3 is 2.69 bits per heavy atom. The lowest BCUT2D eigenvalue weighted by molar-refractivity contribution is -0.136. The number of nitrogens with two attached hydrogens (primary N) is 1. The zero-order valence-corrected chi connectivity index (χ0v) is 10.3. The number of carbonyl (C=O) groups is 1. The number of rotatable bonds is 5. The average molecular weight is 229 g/mol. The van der Waals surface area contributed by atoms with Crippen LogP contribution in [-0.4, -0.2) is 68.2 Å². The molecule has 1 fully saturated rings. The van der Waals surface area contributed by atoms with E-state index >= 15 is 0 Å². The van der Waals surface area contributed by atoms with Crippen molar-refractivity contribution >= 4 is 5.91 Å². The Bertz CT molecular complexity index is 217. The molecule has 1 rings (SSSR count). The van der Waals surface area contributed by atoms with E-state index in [0.717, 1.165) is 19.5 Å². The molecule has 1 unspecified atom stereocenters. The highest BCUT2D eigenvalue weighted by Gasteiger charge is 2.19. The fourth-order valence-electron chi connectivity index (χ4n) is 1.74. The standard InChI is InChI=1S/C11H23N3O2/c1-10(3-4-12)13(2)9-11(15)14-5-7-16-8-6-14/h10H,3-9,12H2,1-2H3. The Labute approximate surface area is 97.5 Å². The topological polar surface area (TPSA) is 58.8 Å². The van der Waals surface area contributed by atoms with Crippen molar-refractivity contribution in [1.82, 2.24) is 9.80 Å². The molecule has 16 heavy (non-hydrogen) atoms. The molecule has 0 aliphatic carbocycles. The second kappa shape index (κ2) is 6.83. The van der Waals surface area contributed by atoms with Gasteiger partial charge in [0.2, 0.25) is 5.91 Å². The van der Waals surface area contributed by atoms with Gasteiger partial charge in [0.15, 0.2) is 0 Å². The van der Waals surface area contributed by atoms with Crippen LogP contribution >= 0.6 is 0 Å². The van der Waals surface area contributed by atoms with Gasteiger partial charge in [-0.1, -0.05) is 0 Å². The van der Waals surface area contributed by atoms with E-state index < -0.39 is 0 Å². The molecule has 0 saturated carbocycles. The minimum Gasteiger partial charge on any atom is -0.378 e. The molecule has 0 aromatic rings. The van der Waals surface area contributed by atoms with Gasteiger partial charge in [-0.2, -0.15) is 0 Å². The Hall–Kier alpha value is -0.650. The van der Waals surface area contributed by atoms with Gasteiger partial charge >= 0.3 is 0 Å². The first-order chi connectivity index (χ1) is 7.65. The molecule has 1 aliphatic rings. The number of ether oxygens (including phenoxy) is 1. The molecule has 0 aromatic carbocycles. The van der Waals surface area contributed by atoms with Crippen molar-refractivity contribution in [3.05, 3.63) is 0 Å². The average Bonchev–Trinajstić information content (AvgIpc) is 2.30. The maximum Gasteiger partial charge on any atom is 0.236 e. The molecule has 0 bridgehead atoms. The van der Waals surface area contributed by atoms with Crippen LogP contribution in [0.3, 0.4) is 0 Å². The molecule has 2 N–H and O–H groups in total. The van der Waals surface area contributed by atoms with E-state index in [2.05, 4.69) is 11.8 Å². The van der Waals surface area contributed by atoms with E-state index in [1.807, 2.05) is 11.9 Å². The van der Waals surface area contributed by atoms with E-state index in [1.54, 1.807) is 0 Å². The SMILES string of the molecule is CC(CCN)N(C)CC(=O)N1CCOCC1. The molecule has 1 aliphatic heterocycles. The summed E-state index contributed by atoms with van der Waals surface area (Å²) in [6, 6.07) is 0.356. The number of nitrogens with zero attached hydrogens (tertiary/aromatic N) is 2. The first-order valence-electron chi connectivity index (χ1n) is 5.91. The van der Waals surface area contributed by atoms with Crippen LogP contribution in [0.4, 0.5) is 0 Å². The monoisotopic (exact) mass is 229 g/mol. The second-order valence-corrected chi connectivity index (χ2v) is 4.33. The summed E-state index contributed by atoms with van der Waals surface area (Å²) >= 11 is 0. The number of hydrogen-bond acceptors (Lipinski definition) is 4. The Balaban J connectivity index is 2.31. The number of morpholine rings is 1. The largest absolute Gasteiger partial charge is 0.378 e. The fourth-order valence-corrected chi connectivity index (χ4v) is 1.74. The lowest BCUT2D eigenvalue weighted by Gasteiger charge is -2.30. The summed E-state index contributed by atoms with van der Waals surface area (Å²) in [5, 5.41) is 0. The van der Waals surface area contributed by atoms with Crippen LogP contribution < -0.4 is 5.73 Å². The van der Waals surface area contributed by atoms with Crippen molar-refractivity contribution < 1.29 is 9.53 Å². The number of carbonyl (C=O) groups excluding carboxylic acids is 1. The Morgan fingerprint density at radius 2 is 2.12 bits per heavy atom. The van der Waals surface area contributed by atoms with Gasteiger partial charge in [-0.05, 0) is 26.9 Å². The molecule has 94 valence electrons. The number of amides is 1. The first-order valence-corrected chi connectivity index (χ1v) is 5.91. The van der Waals surface area contributed by atoms with Crippen LogP contribution in [0.2, 0.25) is 0 Å². The van der Waals surface area contributed by atoms with E-state index in [0.29, 0.717) is 32.3 Å². The Morgan fingerprint density at radius 1 is 1.50 bits per heavy atom. The van der Waals surface area contributed by atoms with Crippen LogP contribution in [0.25, 0.3) is 0 Å². The van der Waals surface area contributed by atoms with E-state index in [4.69, 9.17) is 10.5 Å². The maximum absolute atomic E-state index is 11.9. The molecule has 0 radical (unpaired) electrons. The van der Waals surface area contributed by atoms with Crippen molar-refractivity contribution in [3.8, 4) is 0 Å². The van der Waals surface area contributed by atoms with Crippen LogP contribution in [0.15, 0.2) is 0 Å². The summed E-state index contributed by atoms with van der Waals surface area (Å²) in [5.74, 6) is 0.190. The maximum atomic E-state index is 11.9. The summed E-state index contributed by atoms with van der Waals surface area (Å²) in [5.41, 5.74) is 5.50. The lowest BCUT2D eigenvalue weighted by atomic mass is 10.2. The van der Waals surface area contributed by atoms with Crippen LogP contribution in [-0.2, 0) is 9.53 Å². The predicted octanol–water partition coefficient (Wildman–Crippen LogP) is -0.486. The van der Waals surface area contributed by atoms with E-state index in [9.17, 15) is 4.79 Å². The normalized spacial score (nSPS) is 18.9. The molecule has 1 heterocycles. The van der Waals surface area contributed by atoms with Gasteiger partial charge in [-0.15, -0.1) is 0 Å². The highest BCUT2D eigenvalue weighted by Crippen LogP contribution is 2.03. The van der Waals surface area contributed by atoms with Crippen molar-refractivity contribution in [2.75, 3.05) is 46.4 Å². The second-order valence-electron chi connectivity index (χ2n) is 4.33. The lowest BCUT2D eigenvalue weighted by Crippen LogP contribution is -2.46. The summed E-state index contributed by atoms with van der Waals surface area (Å²) in [7, 11) is 1.97. The molecular formula is C11H23N3O2. The van der Waals surface area contributed by atoms with E-state index in [1.165, 1.54) is 0 Å². The third kappa shape index (κ3) is 4.08. The van der Waals surface area contributed by atoms with Crippen LogP contribution in [0.5, 0.6) is 0 Å². The van der Waals surface area contributed by atoms with Gasteiger partial charge in [-0.3, -0.25) is 9.69 Å². The molecule has 5 heteroatoms. The quantitative estimate of drug-likeness (QED) is 0.691. The van der Waals surface area contributed by atoms with Gasteiger partial charge in [0.25, 0.3) is 0 Å². The summed E-state index contributed by atoms with van der Waals surface area (Å²) in [6.07, 6.45) is 0.924. The zero-order chi connectivity index (χ0) is 12.0. The molecule has 0 spiro atoms. The predicted molar refractivity (Wildman–Crippen MR) is 63.2 cm³/mol.